The Morgan fingerprint density at radius 1 is 1.10 bits per heavy atom. The summed E-state index contributed by atoms with van der Waals surface area (Å²) in [5.74, 6) is -2.06. The number of thiol groups is 1. The van der Waals surface area contributed by atoms with Crippen LogP contribution in [0.2, 0.25) is 0 Å². The van der Waals surface area contributed by atoms with Gasteiger partial charge >= 0.3 is 213 Å². The third-order valence-electron chi connectivity index (χ3n) is 6.72. The first kappa shape index (κ1) is 33.5. The molecule has 215 valence electrons. The van der Waals surface area contributed by atoms with E-state index in [1.54, 1.807) is 6.89 Å². The summed E-state index contributed by atoms with van der Waals surface area (Å²) in [7, 11) is 0.909. The van der Waals surface area contributed by atoms with Crippen LogP contribution >= 0.6 is 21.1 Å². The van der Waals surface area contributed by atoms with Crippen LogP contribution in [0.5, 0.6) is 0 Å². The van der Waals surface area contributed by atoms with Gasteiger partial charge in [-0.2, -0.15) is 0 Å². The van der Waals surface area contributed by atoms with Crippen LogP contribution in [0.1, 0.15) is 48.0 Å². The molecule has 0 aromatic carbocycles. The normalized spacial score (nSPS) is 35.3. The van der Waals surface area contributed by atoms with Crippen molar-refractivity contribution in [2.45, 2.75) is 102 Å². The molecule has 0 aromatic rings. The van der Waals surface area contributed by atoms with Gasteiger partial charge in [-0.1, -0.05) is 0 Å². The van der Waals surface area contributed by atoms with Crippen LogP contribution in [-0.2, 0) is 47.5 Å². The van der Waals surface area contributed by atoms with Gasteiger partial charge in [0.15, 0.2) is 0 Å². The number of nitrogens with zero attached hydrogens (tertiary/aromatic N) is 3. The molecule has 7 unspecified atom stereocenters. The van der Waals surface area contributed by atoms with Crippen LogP contribution in [0, 0.1) is 11.8 Å². The number of hydrogen-bond donors (Lipinski definition) is 1. The Bertz CT molecular complexity index is 933. The number of esters is 3. The van der Waals surface area contributed by atoms with E-state index in [0.29, 0.717) is 0 Å². The van der Waals surface area contributed by atoms with Crippen LogP contribution in [0.4, 0.5) is 0 Å². The van der Waals surface area contributed by atoms with Gasteiger partial charge in [0.05, 0.1) is 0 Å². The Balaban J connectivity index is 2.45. The Morgan fingerprint density at radius 2 is 1.74 bits per heavy atom. The molecule has 39 heavy (non-hydrogen) atoms. The first-order valence-corrected chi connectivity index (χ1v) is 14.3. The maximum absolute atomic E-state index is 12.0. The Morgan fingerprint density at radius 3 is 2.28 bits per heavy atom. The monoisotopic (exact) mass is 586 g/mol. The SMILES string of the molecule is CC[C@H](C)C1OC(S)C(O[C@H]2OC(COC(C)=O)[C@@H](OC(C)=O)C(OC(C)=O)C2N=[N+]=[N-])[C@@H](C)[C@@H]1P[B]B=O. The third-order valence-corrected chi connectivity index (χ3v) is 8.71. The van der Waals surface area contributed by atoms with Gasteiger partial charge in [-0.3, -0.25) is 9.59 Å². The van der Waals surface area contributed by atoms with E-state index >= 15 is 0 Å². The number of rotatable bonds is 12. The molecule has 0 aromatic heterocycles. The van der Waals surface area contributed by atoms with Gasteiger partial charge < -0.3 is 0 Å². The first-order chi connectivity index (χ1) is 18.4. The minimum atomic E-state index is -1.32. The standard InChI is InChI=1S/C22H35B2N3O10PS/c1-7-9(2)16-20(38-24-23-31)10(3)17(22(39)37-16)36-21-15(26-27-25)19(34-13(6)30)18(33-12(5)29)14(35-21)8-32-11(4)28/h9-10,14-22,38-39H,7-8H2,1-6H3/t9-,10+,14?,15?,16?,17?,18+,19?,20-,21+,22?/m0/s1. The molecule has 2 rings (SSSR count). The van der Waals surface area contributed by atoms with Crippen molar-refractivity contribution in [2.75, 3.05) is 6.61 Å². The minimum absolute atomic E-state index is 0.0741. The van der Waals surface area contributed by atoms with Crippen molar-refractivity contribution < 1.29 is 47.5 Å². The summed E-state index contributed by atoms with van der Waals surface area (Å²) in [5.41, 5.74) is 8.54. The van der Waals surface area contributed by atoms with E-state index in [0.717, 1.165) is 27.3 Å². The third kappa shape index (κ3) is 9.16. The molecule has 2 aliphatic rings. The van der Waals surface area contributed by atoms with Crippen molar-refractivity contribution in [3.8, 4) is 0 Å². The number of ether oxygens (including phenoxy) is 6. The van der Waals surface area contributed by atoms with Crippen molar-refractivity contribution in [2.24, 2.45) is 17.0 Å². The summed E-state index contributed by atoms with van der Waals surface area (Å²) in [5, 5.41) is 3.77. The topological polar surface area (TPSA) is 172 Å². The summed E-state index contributed by atoms with van der Waals surface area (Å²) < 4.78 is 45.7. The van der Waals surface area contributed by atoms with Gasteiger partial charge in [-0.05, 0) is 0 Å². The number of hydrogen-bond acceptors (Lipinski definition) is 12. The van der Waals surface area contributed by atoms with Crippen molar-refractivity contribution in [1.82, 2.24) is 0 Å². The van der Waals surface area contributed by atoms with E-state index in [9.17, 15) is 24.6 Å². The van der Waals surface area contributed by atoms with E-state index in [2.05, 4.69) is 36.5 Å². The molecule has 0 amide bonds. The zero-order valence-corrected chi connectivity index (χ0v) is 24.7. The van der Waals surface area contributed by atoms with Crippen LogP contribution in [0.3, 0.4) is 0 Å². The van der Waals surface area contributed by atoms with Crippen molar-refractivity contribution in [1.29, 1.82) is 0 Å². The first-order valence-electron chi connectivity index (χ1n) is 12.6. The van der Waals surface area contributed by atoms with Crippen molar-refractivity contribution in [3.05, 3.63) is 10.4 Å². The fourth-order valence-corrected chi connectivity index (χ4v) is 6.60. The molecular formula is C22H35B2N3O10PS. The zero-order valence-electron chi connectivity index (χ0n) is 22.8. The quantitative estimate of drug-likeness (QED) is 0.0522. The van der Waals surface area contributed by atoms with Gasteiger partial charge in [0.2, 0.25) is 0 Å². The molecule has 13 nitrogen and oxygen atoms in total. The molecule has 2 saturated heterocycles. The van der Waals surface area contributed by atoms with Gasteiger partial charge in [-0.15, -0.1) is 0 Å². The Labute approximate surface area is 236 Å². The Kier molecular flexibility index (Phi) is 13.7. The molecule has 2 aliphatic heterocycles. The molecule has 2 heterocycles. The fraction of sp³-hybridized carbons (Fsp3) is 0.864. The molecule has 17 heteroatoms. The summed E-state index contributed by atoms with van der Waals surface area (Å²) in [6.07, 6.45) is -5.04. The molecule has 0 N–H and O–H groups in total. The number of carbonyl (C=O) groups excluding carboxylic acids is 3. The summed E-state index contributed by atoms with van der Waals surface area (Å²) in [6.45, 7) is 10.8. The second-order valence-corrected chi connectivity index (χ2v) is 11.4. The van der Waals surface area contributed by atoms with Crippen LogP contribution < -0.4 is 0 Å². The van der Waals surface area contributed by atoms with E-state index in [4.69, 9.17) is 28.4 Å². The summed E-state index contributed by atoms with van der Waals surface area (Å²) in [6, 6.07) is -1.28. The molecule has 0 saturated carbocycles. The molecule has 0 aliphatic carbocycles. The Hall–Kier alpha value is -1.69. The predicted molar refractivity (Wildman–Crippen MR) is 145 cm³/mol. The number of azide groups is 1. The predicted octanol–water partition coefficient (Wildman–Crippen LogP) is 2.17. The molecule has 2 fully saturated rings. The van der Waals surface area contributed by atoms with E-state index in [1.807, 2.05) is 6.92 Å². The van der Waals surface area contributed by atoms with E-state index in [-0.39, 0.29) is 38.7 Å². The summed E-state index contributed by atoms with van der Waals surface area (Å²) >= 11 is 4.65. The van der Waals surface area contributed by atoms with Gasteiger partial charge in [-0.25, -0.2) is 0 Å². The average molecular weight is 586 g/mol. The molecule has 1 radical (unpaired) electrons. The van der Waals surface area contributed by atoms with E-state index in [1.165, 1.54) is 6.92 Å². The summed E-state index contributed by atoms with van der Waals surface area (Å²) in [4.78, 5) is 38.3. The molecule has 0 spiro atoms. The van der Waals surface area contributed by atoms with Gasteiger partial charge in [0, 0.05) is 13.8 Å². The second kappa shape index (κ2) is 15.9. The van der Waals surface area contributed by atoms with Crippen molar-refractivity contribution >= 4 is 52.9 Å². The molecule has 12 atom stereocenters. The van der Waals surface area contributed by atoms with Gasteiger partial charge in [0.25, 0.3) is 0 Å². The maximum atomic E-state index is 12.0. The molecule has 0 bridgehead atoms. The fourth-order valence-electron chi connectivity index (χ4n) is 4.73. The van der Waals surface area contributed by atoms with Crippen LogP contribution in [0.25, 0.3) is 10.4 Å². The number of carbonyl (C=O) groups is 3. The van der Waals surface area contributed by atoms with Crippen LogP contribution in [0.15, 0.2) is 5.11 Å². The second-order valence-electron chi connectivity index (χ2n) is 9.52. The zero-order chi connectivity index (χ0) is 29.3. The van der Waals surface area contributed by atoms with E-state index < -0.39 is 60.1 Å². The van der Waals surface area contributed by atoms with Crippen LogP contribution in [-0.4, -0.2) is 92.4 Å². The molecular weight excluding hydrogens is 551 g/mol. The van der Waals surface area contributed by atoms with Gasteiger partial charge in [0.1, 0.15) is 0 Å². The average Bonchev–Trinajstić information content (AvgIpc) is 2.86. The van der Waals surface area contributed by atoms with Crippen molar-refractivity contribution in [3.63, 3.8) is 0 Å².